The molecule has 17 heavy (non-hydrogen) atoms. The van der Waals surface area contributed by atoms with E-state index in [1.54, 1.807) is 18.2 Å². The van der Waals surface area contributed by atoms with Gasteiger partial charge in [-0.1, -0.05) is 30.3 Å². The quantitative estimate of drug-likeness (QED) is 0.580. The van der Waals surface area contributed by atoms with E-state index >= 15 is 0 Å². The van der Waals surface area contributed by atoms with Crippen molar-refractivity contribution in [1.29, 1.82) is 0 Å². The van der Waals surface area contributed by atoms with Crippen molar-refractivity contribution >= 4 is 5.78 Å². The summed E-state index contributed by atoms with van der Waals surface area (Å²) in [7, 11) is 0. The minimum absolute atomic E-state index is 0.287. The number of carbonyl (C=O) groups excluding carboxylic acids is 1. The van der Waals surface area contributed by atoms with Gasteiger partial charge in [-0.05, 0) is 24.8 Å². The average Bonchev–Trinajstić information content (AvgIpc) is 3.09. The Morgan fingerprint density at radius 2 is 1.76 bits per heavy atom. The van der Waals surface area contributed by atoms with Gasteiger partial charge in [-0.2, -0.15) is 13.2 Å². The number of carbonyl (C=O) groups is 1. The van der Waals surface area contributed by atoms with E-state index < -0.39 is 23.5 Å². The monoisotopic (exact) mass is 240 g/mol. The zero-order chi connectivity index (χ0) is 12.5. The Morgan fingerprint density at radius 1 is 1.18 bits per heavy atom. The maximum Gasteiger partial charge on any atom is 0.413 e. The van der Waals surface area contributed by atoms with Crippen LogP contribution in [0.1, 0.15) is 23.2 Å². The highest BCUT2D eigenvalue weighted by molar-refractivity contribution is 6.05. The third kappa shape index (κ3) is 2.96. The van der Waals surface area contributed by atoms with E-state index in [0.29, 0.717) is 12.8 Å². The minimum atomic E-state index is -4.40. The predicted octanol–water partition coefficient (Wildman–Crippen LogP) is 3.77. The second-order valence-corrected chi connectivity index (χ2v) is 4.10. The normalized spacial score (nSPS) is 17.0. The van der Waals surface area contributed by atoms with E-state index in [1.807, 2.05) is 0 Å². The Kier molecular flexibility index (Phi) is 3.05. The summed E-state index contributed by atoms with van der Waals surface area (Å²) in [6, 6.07) is 8.00. The molecule has 1 saturated carbocycles. The minimum Gasteiger partial charge on any atom is -0.289 e. The Hall–Kier alpha value is -1.58. The first-order chi connectivity index (χ1) is 7.98. The standard InChI is InChI=1S/C13H11F3O/c14-13(15,16)11(9-6-7-9)8-12(17)10-4-2-1-3-5-10/h1-5,8-9H,6-7H2/b11-8+. The zero-order valence-corrected chi connectivity index (χ0v) is 9.00. The summed E-state index contributed by atoms with van der Waals surface area (Å²) in [5, 5.41) is 0. The third-order valence-electron chi connectivity index (χ3n) is 2.69. The van der Waals surface area contributed by atoms with Gasteiger partial charge in [0.25, 0.3) is 0 Å². The van der Waals surface area contributed by atoms with E-state index in [0.717, 1.165) is 6.08 Å². The molecule has 2 rings (SSSR count). The lowest BCUT2D eigenvalue weighted by Crippen LogP contribution is -2.15. The first-order valence-corrected chi connectivity index (χ1v) is 5.36. The number of hydrogen-bond acceptors (Lipinski definition) is 1. The zero-order valence-electron chi connectivity index (χ0n) is 9.00. The number of allylic oxidation sites excluding steroid dienone is 2. The first-order valence-electron chi connectivity index (χ1n) is 5.36. The smallest absolute Gasteiger partial charge is 0.289 e. The SMILES string of the molecule is O=C(/C=C(\C1CC1)C(F)(F)F)c1ccccc1. The van der Waals surface area contributed by atoms with Crippen LogP contribution in [0.15, 0.2) is 42.0 Å². The number of hydrogen-bond donors (Lipinski definition) is 0. The van der Waals surface area contributed by atoms with E-state index in [1.165, 1.54) is 12.1 Å². The van der Waals surface area contributed by atoms with Gasteiger partial charge in [0.05, 0.1) is 0 Å². The van der Waals surface area contributed by atoms with Gasteiger partial charge in [0.15, 0.2) is 5.78 Å². The number of alkyl halides is 3. The van der Waals surface area contributed by atoms with Crippen LogP contribution in [0.5, 0.6) is 0 Å². The maximum atomic E-state index is 12.7. The molecule has 0 unspecified atom stereocenters. The molecule has 0 heterocycles. The number of halogens is 3. The molecule has 0 bridgehead atoms. The Balaban J connectivity index is 2.25. The summed E-state index contributed by atoms with van der Waals surface area (Å²) in [5.41, 5.74) is -0.402. The highest BCUT2D eigenvalue weighted by Crippen LogP contribution is 2.44. The van der Waals surface area contributed by atoms with Gasteiger partial charge in [-0.15, -0.1) is 0 Å². The molecule has 0 spiro atoms. The maximum absolute atomic E-state index is 12.7. The molecule has 1 aliphatic carbocycles. The van der Waals surface area contributed by atoms with Crippen LogP contribution in [0.3, 0.4) is 0 Å². The van der Waals surface area contributed by atoms with Gasteiger partial charge in [0.2, 0.25) is 0 Å². The lowest BCUT2D eigenvalue weighted by molar-refractivity contribution is -0.0955. The van der Waals surface area contributed by atoms with E-state index in [2.05, 4.69) is 0 Å². The second kappa shape index (κ2) is 4.35. The van der Waals surface area contributed by atoms with Gasteiger partial charge in [0.1, 0.15) is 0 Å². The van der Waals surface area contributed by atoms with Crippen molar-refractivity contribution in [3.8, 4) is 0 Å². The highest BCUT2D eigenvalue weighted by Gasteiger charge is 2.43. The van der Waals surface area contributed by atoms with E-state index in [4.69, 9.17) is 0 Å². The molecule has 0 amide bonds. The molecular formula is C13H11F3O. The van der Waals surface area contributed by atoms with Crippen molar-refractivity contribution in [2.24, 2.45) is 5.92 Å². The molecule has 0 atom stereocenters. The molecule has 0 aromatic heterocycles. The van der Waals surface area contributed by atoms with Gasteiger partial charge in [0, 0.05) is 11.1 Å². The molecule has 0 aliphatic heterocycles. The second-order valence-electron chi connectivity index (χ2n) is 4.10. The lowest BCUT2D eigenvalue weighted by Gasteiger charge is -2.10. The van der Waals surface area contributed by atoms with Crippen LogP contribution < -0.4 is 0 Å². The van der Waals surface area contributed by atoms with Crippen LogP contribution in [0.25, 0.3) is 0 Å². The van der Waals surface area contributed by atoms with Crippen molar-refractivity contribution in [3.63, 3.8) is 0 Å². The molecule has 1 aliphatic rings. The largest absolute Gasteiger partial charge is 0.413 e. The topological polar surface area (TPSA) is 17.1 Å². The summed E-state index contributed by atoms with van der Waals surface area (Å²) in [4.78, 5) is 11.7. The summed E-state index contributed by atoms with van der Waals surface area (Å²) in [5.74, 6) is -1.06. The predicted molar refractivity (Wildman–Crippen MR) is 57.6 cm³/mol. The van der Waals surface area contributed by atoms with E-state index in [9.17, 15) is 18.0 Å². The van der Waals surface area contributed by atoms with Crippen LogP contribution in [0.4, 0.5) is 13.2 Å². The van der Waals surface area contributed by atoms with Gasteiger partial charge >= 0.3 is 6.18 Å². The van der Waals surface area contributed by atoms with Gasteiger partial charge < -0.3 is 0 Å². The van der Waals surface area contributed by atoms with Gasteiger partial charge in [-0.3, -0.25) is 4.79 Å². The summed E-state index contributed by atoms with van der Waals surface area (Å²) in [6.45, 7) is 0. The molecule has 1 fully saturated rings. The fraction of sp³-hybridized carbons (Fsp3) is 0.308. The first kappa shape index (κ1) is 11.9. The lowest BCUT2D eigenvalue weighted by atomic mass is 10.0. The molecule has 1 aromatic carbocycles. The number of ketones is 1. The third-order valence-corrected chi connectivity index (χ3v) is 2.69. The van der Waals surface area contributed by atoms with Gasteiger partial charge in [-0.25, -0.2) is 0 Å². The van der Waals surface area contributed by atoms with E-state index in [-0.39, 0.29) is 5.56 Å². The molecule has 0 saturated heterocycles. The van der Waals surface area contributed by atoms with Crippen LogP contribution in [0, 0.1) is 5.92 Å². The molecule has 90 valence electrons. The average molecular weight is 240 g/mol. The van der Waals surface area contributed by atoms with Crippen molar-refractivity contribution in [2.75, 3.05) is 0 Å². The van der Waals surface area contributed by atoms with Crippen molar-refractivity contribution in [2.45, 2.75) is 19.0 Å². The summed E-state index contributed by atoms with van der Waals surface area (Å²) >= 11 is 0. The van der Waals surface area contributed by atoms with Crippen LogP contribution in [0.2, 0.25) is 0 Å². The van der Waals surface area contributed by atoms with Crippen molar-refractivity contribution < 1.29 is 18.0 Å². The van der Waals surface area contributed by atoms with Crippen LogP contribution in [-0.2, 0) is 0 Å². The summed E-state index contributed by atoms with van der Waals surface area (Å²) in [6.07, 6.45) is -2.61. The fourth-order valence-electron chi connectivity index (χ4n) is 1.65. The molecular weight excluding hydrogens is 229 g/mol. The van der Waals surface area contributed by atoms with Crippen molar-refractivity contribution in [3.05, 3.63) is 47.5 Å². The molecule has 0 radical (unpaired) electrons. The Morgan fingerprint density at radius 3 is 2.24 bits per heavy atom. The summed E-state index contributed by atoms with van der Waals surface area (Å²) < 4.78 is 38.0. The van der Waals surface area contributed by atoms with Crippen LogP contribution >= 0.6 is 0 Å². The fourth-order valence-corrected chi connectivity index (χ4v) is 1.65. The number of benzene rings is 1. The van der Waals surface area contributed by atoms with Crippen molar-refractivity contribution in [1.82, 2.24) is 0 Å². The molecule has 1 nitrogen and oxygen atoms in total. The number of rotatable bonds is 3. The molecule has 4 heteroatoms. The molecule has 1 aromatic rings. The highest BCUT2D eigenvalue weighted by atomic mass is 19.4. The Bertz CT molecular complexity index is 441. The molecule has 0 N–H and O–H groups in total. The Labute approximate surface area is 96.9 Å². The van der Waals surface area contributed by atoms with Crippen LogP contribution in [-0.4, -0.2) is 12.0 Å².